The lowest BCUT2D eigenvalue weighted by Crippen LogP contribution is -2.50. The van der Waals surface area contributed by atoms with Crippen LogP contribution in [0.15, 0.2) is 42.6 Å². The summed E-state index contributed by atoms with van der Waals surface area (Å²) < 4.78 is 41.6. The Bertz CT molecular complexity index is 1230. The number of amides is 1. The zero-order valence-corrected chi connectivity index (χ0v) is 18.9. The smallest absolute Gasteiger partial charge is 0.257 e. The van der Waals surface area contributed by atoms with Crippen LogP contribution in [0.2, 0.25) is 0 Å². The van der Waals surface area contributed by atoms with Gasteiger partial charge in [-0.1, -0.05) is 0 Å². The number of ether oxygens (including phenoxy) is 2. The summed E-state index contributed by atoms with van der Waals surface area (Å²) in [6, 6.07) is 9.00. The van der Waals surface area contributed by atoms with Crippen LogP contribution in [0.4, 0.5) is 14.6 Å². The molecule has 0 bridgehead atoms. The Morgan fingerprint density at radius 2 is 1.88 bits per heavy atom. The van der Waals surface area contributed by atoms with E-state index in [4.69, 9.17) is 9.47 Å². The molecule has 1 amide bonds. The first-order chi connectivity index (χ1) is 16.5. The Kier molecular flexibility index (Phi) is 4.98. The predicted molar refractivity (Wildman–Crippen MR) is 121 cm³/mol. The second kappa shape index (κ2) is 7.94. The molecule has 1 spiro atoms. The molecule has 178 valence electrons. The molecule has 1 aromatic carbocycles. The Labute approximate surface area is 195 Å². The van der Waals surface area contributed by atoms with Crippen molar-refractivity contribution in [3.05, 3.63) is 59.8 Å². The zero-order chi connectivity index (χ0) is 23.4. The van der Waals surface area contributed by atoms with E-state index in [1.165, 1.54) is 12.1 Å². The van der Waals surface area contributed by atoms with Gasteiger partial charge in [-0.05, 0) is 55.7 Å². The van der Waals surface area contributed by atoms with Crippen molar-refractivity contribution >= 4 is 17.2 Å². The fraction of sp³-hybridized carbons (Fsp3) is 0.440. The van der Waals surface area contributed by atoms with Crippen molar-refractivity contribution in [1.82, 2.24) is 14.5 Å². The lowest BCUT2D eigenvalue weighted by molar-refractivity contribution is -0.140. The molecule has 2 atom stereocenters. The van der Waals surface area contributed by atoms with E-state index < -0.39 is 17.2 Å². The minimum Gasteiger partial charge on any atom is -0.492 e. The van der Waals surface area contributed by atoms with Crippen LogP contribution >= 0.6 is 0 Å². The van der Waals surface area contributed by atoms with Crippen LogP contribution in [0, 0.1) is 11.6 Å². The van der Waals surface area contributed by atoms with Gasteiger partial charge in [0.25, 0.3) is 5.91 Å². The Morgan fingerprint density at radius 1 is 1.12 bits per heavy atom. The number of hydrogen-bond acceptors (Lipinski definition) is 5. The lowest BCUT2D eigenvalue weighted by Gasteiger charge is -2.38. The number of aromatic nitrogens is 2. The highest BCUT2D eigenvalue weighted by Gasteiger charge is 2.58. The number of hydrogen-bond donors (Lipinski definition) is 0. The normalized spacial score (nSPS) is 23.8. The third-order valence-corrected chi connectivity index (χ3v) is 7.28. The molecule has 3 aliphatic rings. The molecule has 0 radical (unpaired) electrons. The molecule has 34 heavy (non-hydrogen) atoms. The highest BCUT2D eigenvalue weighted by molar-refractivity contribution is 5.88. The zero-order valence-electron chi connectivity index (χ0n) is 18.9. The molecule has 3 saturated heterocycles. The van der Waals surface area contributed by atoms with Gasteiger partial charge in [-0.15, -0.1) is 0 Å². The number of pyridine rings is 1. The summed E-state index contributed by atoms with van der Waals surface area (Å²) in [7, 11) is 0. The number of carbonyl (C=O) groups is 1. The van der Waals surface area contributed by atoms with Gasteiger partial charge in [0.05, 0.1) is 18.8 Å². The van der Waals surface area contributed by atoms with Gasteiger partial charge in [0.15, 0.2) is 5.60 Å². The van der Waals surface area contributed by atoms with Crippen LogP contribution in [-0.4, -0.2) is 51.9 Å². The Morgan fingerprint density at radius 3 is 2.62 bits per heavy atom. The molecular weight excluding hydrogens is 442 g/mol. The van der Waals surface area contributed by atoms with E-state index in [9.17, 15) is 13.6 Å². The second-order valence-corrected chi connectivity index (χ2v) is 9.18. The molecule has 0 aliphatic carbocycles. The number of piperidine rings is 1. The molecule has 2 unspecified atom stereocenters. The number of halogens is 2. The van der Waals surface area contributed by atoms with E-state index in [1.54, 1.807) is 11.1 Å². The molecule has 9 heteroatoms. The molecule has 3 aromatic rings. The average molecular weight is 469 g/mol. The number of nitrogens with zero attached hydrogens (tertiary/aromatic N) is 4. The average Bonchev–Trinajstić information content (AvgIpc) is 3.52. The van der Waals surface area contributed by atoms with E-state index in [-0.39, 0.29) is 18.2 Å². The van der Waals surface area contributed by atoms with Crippen molar-refractivity contribution in [2.24, 2.45) is 0 Å². The van der Waals surface area contributed by atoms with Crippen LogP contribution in [0.3, 0.4) is 0 Å². The minimum atomic E-state index is -0.889. The maximum absolute atomic E-state index is 13.8. The fourth-order valence-corrected chi connectivity index (χ4v) is 5.73. The van der Waals surface area contributed by atoms with Crippen molar-refractivity contribution in [2.45, 2.75) is 50.5 Å². The molecule has 0 N–H and O–H groups in total. The van der Waals surface area contributed by atoms with Gasteiger partial charge in [0.1, 0.15) is 34.9 Å². The Balaban J connectivity index is 1.22. The Hall–Kier alpha value is -3.20. The maximum Gasteiger partial charge on any atom is 0.257 e. The molecule has 5 heterocycles. The first-order valence-electron chi connectivity index (χ1n) is 11.8. The van der Waals surface area contributed by atoms with Gasteiger partial charge in [-0.25, -0.2) is 13.3 Å². The number of fused-ring (bicyclic) bond motifs is 2. The molecule has 6 rings (SSSR count). The summed E-state index contributed by atoms with van der Waals surface area (Å²) in [4.78, 5) is 17.5. The van der Waals surface area contributed by atoms with Crippen LogP contribution in [0.25, 0.3) is 5.52 Å². The molecule has 3 fully saturated rings. The lowest BCUT2D eigenvalue weighted by atomic mass is 9.89. The number of anilines is 1. The van der Waals surface area contributed by atoms with E-state index in [0.717, 1.165) is 23.2 Å². The second-order valence-electron chi connectivity index (χ2n) is 9.18. The quantitative estimate of drug-likeness (QED) is 0.578. The largest absolute Gasteiger partial charge is 0.492 e. The van der Waals surface area contributed by atoms with Crippen molar-refractivity contribution in [3.8, 4) is 5.75 Å². The van der Waals surface area contributed by atoms with Crippen LogP contribution in [0.5, 0.6) is 5.75 Å². The van der Waals surface area contributed by atoms with Crippen molar-refractivity contribution in [2.75, 3.05) is 24.6 Å². The number of carbonyl (C=O) groups excluding carboxylic acids is 1. The van der Waals surface area contributed by atoms with E-state index in [0.29, 0.717) is 50.9 Å². The van der Waals surface area contributed by atoms with Gasteiger partial charge >= 0.3 is 0 Å². The molecule has 2 aromatic heterocycles. The van der Waals surface area contributed by atoms with Gasteiger partial charge in [0.2, 0.25) is 0 Å². The van der Waals surface area contributed by atoms with Crippen molar-refractivity contribution < 1.29 is 23.0 Å². The summed E-state index contributed by atoms with van der Waals surface area (Å²) in [6.45, 7) is 3.79. The topological polar surface area (TPSA) is 59.3 Å². The van der Waals surface area contributed by atoms with E-state index in [1.807, 2.05) is 29.6 Å². The van der Waals surface area contributed by atoms with E-state index >= 15 is 0 Å². The van der Waals surface area contributed by atoms with Gasteiger partial charge in [0, 0.05) is 32.0 Å². The summed E-state index contributed by atoms with van der Waals surface area (Å²) in [5.41, 5.74) is 0.501. The summed E-state index contributed by atoms with van der Waals surface area (Å²) >= 11 is 0. The van der Waals surface area contributed by atoms with Gasteiger partial charge in [-0.3, -0.25) is 4.79 Å². The third kappa shape index (κ3) is 3.25. The summed E-state index contributed by atoms with van der Waals surface area (Å²) in [5.74, 6) is 0.397. The SMILES string of the molecule is CCOc1ccc(N2CCC3(CC2)OC2CCC(c4cc(F)cc(F)c4)N2C3=O)n2nccc12. The highest BCUT2D eigenvalue weighted by Crippen LogP contribution is 2.48. The number of rotatable bonds is 4. The van der Waals surface area contributed by atoms with Crippen LogP contribution in [-0.2, 0) is 9.53 Å². The summed E-state index contributed by atoms with van der Waals surface area (Å²) in [5, 5.41) is 4.47. The highest BCUT2D eigenvalue weighted by atomic mass is 19.1. The first kappa shape index (κ1) is 21.3. The minimum absolute atomic E-state index is 0.0692. The van der Waals surface area contributed by atoms with Gasteiger partial charge < -0.3 is 19.3 Å². The number of benzene rings is 1. The standard InChI is InChI=1S/C25H26F2N4O3/c1-2-33-21-4-5-22(31-20(21)7-10-28-31)29-11-8-25(9-12-29)24(32)30-19(3-6-23(30)34-25)16-13-17(26)15-18(27)14-16/h4-5,7,10,13-15,19,23H,2-3,6,8-9,11-12H2,1H3. The molecular formula is C25H26F2N4O3. The van der Waals surface area contributed by atoms with Crippen LogP contribution in [0.1, 0.15) is 44.2 Å². The van der Waals surface area contributed by atoms with Crippen molar-refractivity contribution in [3.63, 3.8) is 0 Å². The monoisotopic (exact) mass is 468 g/mol. The molecule has 7 nitrogen and oxygen atoms in total. The predicted octanol–water partition coefficient (Wildman–Crippen LogP) is 4.07. The van der Waals surface area contributed by atoms with E-state index in [2.05, 4.69) is 10.00 Å². The van der Waals surface area contributed by atoms with Gasteiger partial charge in [-0.2, -0.15) is 5.10 Å². The maximum atomic E-state index is 13.8. The third-order valence-electron chi connectivity index (χ3n) is 7.28. The molecule has 0 saturated carbocycles. The summed E-state index contributed by atoms with van der Waals surface area (Å²) in [6.07, 6.45) is 3.77. The molecule has 3 aliphatic heterocycles. The van der Waals surface area contributed by atoms with Crippen LogP contribution < -0.4 is 9.64 Å². The first-order valence-corrected chi connectivity index (χ1v) is 11.8. The fourth-order valence-electron chi connectivity index (χ4n) is 5.73. The van der Waals surface area contributed by atoms with Crippen molar-refractivity contribution in [1.29, 1.82) is 0 Å².